The van der Waals surface area contributed by atoms with Gasteiger partial charge in [-0.2, -0.15) is 0 Å². The zero-order valence-corrected chi connectivity index (χ0v) is 19.3. The zero-order chi connectivity index (χ0) is 24.0. The van der Waals surface area contributed by atoms with Crippen LogP contribution in [0.25, 0.3) is 10.8 Å². The van der Waals surface area contributed by atoms with Crippen molar-refractivity contribution >= 4 is 40.2 Å². The Morgan fingerprint density at radius 1 is 1.03 bits per heavy atom. The SMILES string of the molecule is CSc1ccc(NC(=O)O[C@@H](c2ccc(O)c3ccccc23)C(C)(C)/C=C/C(=O)NO)cc1. The van der Waals surface area contributed by atoms with E-state index in [2.05, 4.69) is 5.32 Å². The van der Waals surface area contributed by atoms with Gasteiger partial charge < -0.3 is 9.84 Å². The average Bonchev–Trinajstić information content (AvgIpc) is 2.82. The summed E-state index contributed by atoms with van der Waals surface area (Å²) in [4.78, 5) is 25.5. The van der Waals surface area contributed by atoms with Crippen LogP contribution in [-0.2, 0) is 9.53 Å². The Kier molecular flexibility index (Phi) is 7.63. The van der Waals surface area contributed by atoms with Gasteiger partial charge in [0.05, 0.1) is 0 Å². The van der Waals surface area contributed by atoms with Gasteiger partial charge in [0.1, 0.15) is 11.9 Å². The molecule has 0 aliphatic heterocycles. The van der Waals surface area contributed by atoms with Crippen LogP contribution in [0.5, 0.6) is 5.75 Å². The molecule has 8 heteroatoms. The Hall–Kier alpha value is -3.49. The fourth-order valence-electron chi connectivity index (χ4n) is 3.50. The standard InChI is InChI=1S/C25H26N2O5S/c1-25(2,15-14-22(29)27-31)23(20-12-13-21(28)19-7-5-4-6-18(19)20)32-24(30)26-16-8-10-17(33-3)11-9-16/h4-15,23,28,31H,1-3H3,(H,26,30)(H,27,29)/b15-14+/t23-/m0/s1. The molecule has 0 saturated heterocycles. The number of carbonyl (C=O) groups excluding carboxylic acids is 2. The second-order valence-electron chi connectivity index (χ2n) is 7.99. The number of benzene rings is 3. The lowest BCUT2D eigenvalue weighted by Crippen LogP contribution is -2.28. The number of aromatic hydroxyl groups is 1. The number of hydrogen-bond acceptors (Lipinski definition) is 6. The number of phenols is 1. The largest absolute Gasteiger partial charge is 0.507 e. The molecule has 0 saturated carbocycles. The summed E-state index contributed by atoms with van der Waals surface area (Å²) in [6.07, 6.45) is 3.22. The van der Waals surface area contributed by atoms with Crippen molar-refractivity contribution in [2.75, 3.05) is 11.6 Å². The first-order valence-corrected chi connectivity index (χ1v) is 11.4. The molecule has 0 aromatic heterocycles. The quantitative estimate of drug-likeness (QED) is 0.155. The smallest absolute Gasteiger partial charge is 0.412 e. The summed E-state index contributed by atoms with van der Waals surface area (Å²) in [6.45, 7) is 3.61. The summed E-state index contributed by atoms with van der Waals surface area (Å²) < 4.78 is 5.89. The first kappa shape index (κ1) is 24.2. The van der Waals surface area contributed by atoms with E-state index in [9.17, 15) is 14.7 Å². The molecule has 172 valence electrons. The van der Waals surface area contributed by atoms with E-state index in [1.807, 2.05) is 36.6 Å². The molecule has 7 nitrogen and oxygen atoms in total. The van der Waals surface area contributed by atoms with E-state index in [1.54, 1.807) is 67.5 Å². The number of fused-ring (bicyclic) bond motifs is 1. The van der Waals surface area contributed by atoms with Crippen molar-refractivity contribution in [2.45, 2.75) is 24.8 Å². The van der Waals surface area contributed by atoms with Crippen molar-refractivity contribution in [1.29, 1.82) is 0 Å². The lowest BCUT2D eigenvalue weighted by Gasteiger charge is -2.32. The minimum absolute atomic E-state index is 0.111. The number of anilines is 1. The Morgan fingerprint density at radius 2 is 1.70 bits per heavy atom. The highest BCUT2D eigenvalue weighted by molar-refractivity contribution is 7.98. The molecule has 0 radical (unpaired) electrons. The third-order valence-electron chi connectivity index (χ3n) is 5.23. The van der Waals surface area contributed by atoms with E-state index in [0.29, 0.717) is 22.0 Å². The molecule has 4 N–H and O–H groups in total. The summed E-state index contributed by atoms with van der Waals surface area (Å²) in [5, 5.41) is 23.2. The maximum absolute atomic E-state index is 12.9. The van der Waals surface area contributed by atoms with E-state index >= 15 is 0 Å². The highest BCUT2D eigenvalue weighted by Gasteiger charge is 2.34. The molecule has 0 aliphatic carbocycles. The number of hydrogen-bond donors (Lipinski definition) is 4. The maximum atomic E-state index is 12.9. The summed E-state index contributed by atoms with van der Waals surface area (Å²) in [6, 6.07) is 17.9. The number of carbonyl (C=O) groups is 2. The van der Waals surface area contributed by atoms with Crippen LogP contribution in [0.3, 0.4) is 0 Å². The Balaban J connectivity index is 1.99. The van der Waals surface area contributed by atoms with E-state index < -0.39 is 23.5 Å². The molecule has 33 heavy (non-hydrogen) atoms. The fraction of sp³-hybridized carbons (Fsp3) is 0.200. The molecule has 1 atom stereocenters. The van der Waals surface area contributed by atoms with Gasteiger partial charge >= 0.3 is 6.09 Å². The van der Waals surface area contributed by atoms with Crippen molar-refractivity contribution in [2.24, 2.45) is 5.41 Å². The van der Waals surface area contributed by atoms with Gasteiger partial charge in [0.25, 0.3) is 5.91 Å². The average molecular weight is 467 g/mol. The summed E-state index contributed by atoms with van der Waals surface area (Å²) in [5.74, 6) is -0.588. The molecule has 0 aliphatic rings. The van der Waals surface area contributed by atoms with Crippen molar-refractivity contribution in [3.05, 3.63) is 78.4 Å². The molecular formula is C25H26N2O5S. The molecule has 0 heterocycles. The van der Waals surface area contributed by atoms with E-state index in [0.717, 1.165) is 4.90 Å². The number of thioether (sulfide) groups is 1. The zero-order valence-electron chi connectivity index (χ0n) is 18.5. The van der Waals surface area contributed by atoms with Gasteiger partial charge in [0, 0.05) is 33.0 Å². The van der Waals surface area contributed by atoms with Crippen LogP contribution in [0.1, 0.15) is 25.5 Å². The fourth-order valence-corrected chi connectivity index (χ4v) is 3.90. The van der Waals surface area contributed by atoms with Crippen LogP contribution in [0, 0.1) is 5.41 Å². The molecule has 0 bridgehead atoms. The number of amides is 2. The van der Waals surface area contributed by atoms with E-state index in [-0.39, 0.29) is 5.75 Å². The summed E-state index contributed by atoms with van der Waals surface area (Å²) in [5.41, 5.74) is 1.95. The Labute approximate surface area is 196 Å². The minimum atomic E-state index is -0.855. The van der Waals surface area contributed by atoms with Crippen molar-refractivity contribution in [3.8, 4) is 5.75 Å². The minimum Gasteiger partial charge on any atom is -0.507 e. The van der Waals surface area contributed by atoms with Crippen LogP contribution in [0.2, 0.25) is 0 Å². The van der Waals surface area contributed by atoms with Gasteiger partial charge in [0.15, 0.2) is 0 Å². The van der Waals surface area contributed by atoms with E-state index in [4.69, 9.17) is 9.94 Å². The Morgan fingerprint density at radius 3 is 2.33 bits per heavy atom. The van der Waals surface area contributed by atoms with Crippen LogP contribution >= 0.6 is 11.8 Å². The molecule has 2 amide bonds. The monoisotopic (exact) mass is 466 g/mol. The predicted octanol–water partition coefficient (Wildman–Crippen LogP) is 5.64. The summed E-state index contributed by atoms with van der Waals surface area (Å²) in [7, 11) is 0. The number of rotatable bonds is 7. The van der Waals surface area contributed by atoms with Crippen LogP contribution in [0.15, 0.2) is 77.7 Å². The van der Waals surface area contributed by atoms with Crippen LogP contribution in [0.4, 0.5) is 10.5 Å². The molecule has 0 spiro atoms. The van der Waals surface area contributed by atoms with Crippen molar-refractivity contribution in [1.82, 2.24) is 5.48 Å². The van der Waals surface area contributed by atoms with Gasteiger partial charge in [-0.1, -0.05) is 50.3 Å². The number of phenolic OH excluding ortho intramolecular Hbond substituents is 1. The maximum Gasteiger partial charge on any atom is 0.412 e. The molecule has 3 aromatic carbocycles. The van der Waals surface area contributed by atoms with Crippen LogP contribution < -0.4 is 10.8 Å². The molecule has 0 unspecified atom stereocenters. The second kappa shape index (κ2) is 10.4. The van der Waals surface area contributed by atoms with Crippen LogP contribution in [-0.4, -0.2) is 28.6 Å². The van der Waals surface area contributed by atoms with Gasteiger partial charge in [-0.25, -0.2) is 10.3 Å². The molecule has 0 fully saturated rings. The number of ether oxygens (including phenoxy) is 1. The highest BCUT2D eigenvalue weighted by atomic mass is 32.2. The topological polar surface area (TPSA) is 108 Å². The lowest BCUT2D eigenvalue weighted by molar-refractivity contribution is -0.124. The molecule has 3 aromatic rings. The third kappa shape index (κ3) is 5.85. The van der Waals surface area contributed by atoms with Crippen molar-refractivity contribution < 1.29 is 24.6 Å². The van der Waals surface area contributed by atoms with Gasteiger partial charge in [0.2, 0.25) is 0 Å². The van der Waals surface area contributed by atoms with Gasteiger partial charge in [-0.05, 0) is 42.0 Å². The first-order chi connectivity index (χ1) is 15.7. The Bertz CT molecular complexity index is 1180. The third-order valence-corrected chi connectivity index (χ3v) is 5.97. The second-order valence-corrected chi connectivity index (χ2v) is 8.87. The lowest BCUT2D eigenvalue weighted by atomic mass is 9.80. The van der Waals surface area contributed by atoms with Gasteiger partial charge in [-0.3, -0.25) is 15.3 Å². The van der Waals surface area contributed by atoms with Crippen molar-refractivity contribution in [3.63, 3.8) is 0 Å². The highest BCUT2D eigenvalue weighted by Crippen LogP contribution is 2.42. The van der Waals surface area contributed by atoms with E-state index in [1.165, 1.54) is 6.08 Å². The van der Waals surface area contributed by atoms with Gasteiger partial charge in [-0.15, -0.1) is 11.8 Å². The number of nitrogens with one attached hydrogen (secondary N) is 2. The first-order valence-electron chi connectivity index (χ1n) is 10.2. The molecule has 3 rings (SSSR count). The normalized spacial score (nSPS) is 12.5. The predicted molar refractivity (Wildman–Crippen MR) is 130 cm³/mol. The number of hydroxylamine groups is 1. The summed E-state index contributed by atoms with van der Waals surface area (Å²) >= 11 is 1.60. The molecular weight excluding hydrogens is 440 g/mol.